The molecule has 2 heterocycles. The topological polar surface area (TPSA) is 55.0 Å². The van der Waals surface area contributed by atoms with Crippen molar-refractivity contribution in [3.63, 3.8) is 0 Å². The van der Waals surface area contributed by atoms with Crippen LogP contribution in [0.3, 0.4) is 0 Å². The molecule has 1 saturated heterocycles. The van der Waals surface area contributed by atoms with Crippen LogP contribution in [0.5, 0.6) is 0 Å². The molecule has 1 aromatic heterocycles. The molecule has 82 valence electrons. The summed E-state index contributed by atoms with van der Waals surface area (Å²) in [5, 5.41) is 0. The third-order valence-corrected chi connectivity index (χ3v) is 2.95. The van der Waals surface area contributed by atoms with Crippen LogP contribution in [0.4, 0.5) is 11.6 Å². The predicted molar refractivity (Wildman–Crippen MR) is 61.7 cm³/mol. The van der Waals surface area contributed by atoms with Gasteiger partial charge < -0.3 is 10.6 Å². The molecule has 1 aliphatic heterocycles. The highest BCUT2D eigenvalue weighted by Crippen LogP contribution is 2.24. The number of hydrogen-bond acceptors (Lipinski definition) is 4. The number of nitrogens with two attached hydrogens (primary N) is 1. The summed E-state index contributed by atoms with van der Waals surface area (Å²) in [5.74, 6) is 2.25. The van der Waals surface area contributed by atoms with Crippen LogP contribution in [0.2, 0.25) is 0 Å². The van der Waals surface area contributed by atoms with Crippen molar-refractivity contribution < 1.29 is 0 Å². The molecule has 0 radical (unpaired) electrons. The first-order chi connectivity index (χ1) is 7.29. The number of nitrogen functional groups attached to an aromatic ring is 1. The van der Waals surface area contributed by atoms with Crippen LogP contribution < -0.4 is 10.6 Å². The van der Waals surface area contributed by atoms with E-state index in [0.717, 1.165) is 24.8 Å². The summed E-state index contributed by atoms with van der Waals surface area (Å²) < 4.78 is 0. The molecule has 0 bridgehead atoms. The van der Waals surface area contributed by atoms with Gasteiger partial charge in [-0.05, 0) is 18.8 Å². The lowest BCUT2D eigenvalue weighted by Crippen LogP contribution is -2.21. The van der Waals surface area contributed by atoms with Crippen LogP contribution in [0.25, 0.3) is 0 Å². The van der Waals surface area contributed by atoms with Gasteiger partial charge in [0.15, 0.2) is 0 Å². The summed E-state index contributed by atoms with van der Waals surface area (Å²) in [6.07, 6.45) is 7.23. The lowest BCUT2D eigenvalue weighted by Gasteiger charge is -2.16. The quantitative estimate of drug-likeness (QED) is 0.817. The van der Waals surface area contributed by atoms with Crippen LogP contribution in [-0.4, -0.2) is 23.1 Å². The SMILES string of the molecule is CCCC1CCN(c2cncc(N)n2)C1. The molecule has 1 aliphatic rings. The lowest BCUT2D eigenvalue weighted by molar-refractivity contribution is 0.529. The Morgan fingerprint density at radius 3 is 3.13 bits per heavy atom. The number of aromatic nitrogens is 2. The zero-order valence-electron chi connectivity index (χ0n) is 9.19. The minimum atomic E-state index is 0.506. The zero-order chi connectivity index (χ0) is 10.7. The van der Waals surface area contributed by atoms with E-state index in [0.29, 0.717) is 5.82 Å². The van der Waals surface area contributed by atoms with E-state index < -0.39 is 0 Å². The molecule has 2 N–H and O–H groups in total. The average Bonchev–Trinajstić information content (AvgIpc) is 2.67. The summed E-state index contributed by atoms with van der Waals surface area (Å²) in [6.45, 7) is 4.43. The maximum atomic E-state index is 5.62. The smallest absolute Gasteiger partial charge is 0.149 e. The molecule has 1 aromatic rings. The van der Waals surface area contributed by atoms with E-state index in [1.165, 1.54) is 19.3 Å². The highest BCUT2D eigenvalue weighted by atomic mass is 15.2. The Morgan fingerprint density at radius 2 is 2.40 bits per heavy atom. The second-order valence-electron chi connectivity index (χ2n) is 4.19. The Morgan fingerprint density at radius 1 is 1.53 bits per heavy atom. The number of nitrogens with zero attached hydrogens (tertiary/aromatic N) is 3. The molecule has 4 heteroatoms. The van der Waals surface area contributed by atoms with Crippen molar-refractivity contribution in [3.05, 3.63) is 12.4 Å². The van der Waals surface area contributed by atoms with Gasteiger partial charge in [0.1, 0.15) is 11.6 Å². The summed E-state index contributed by atoms with van der Waals surface area (Å²) in [4.78, 5) is 10.6. The van der Waals surface area contributed by atoms with Crippen molar-refractivity contribution in [2.75, 3.05) is 23.7 Å². The van der Waals surface area contributed by atoms with Gasteiger partial charge in [-0.25, -0.2) is 4.98 Å². The van der Waals surface area contributed by atoms with Gasteiger partial charge in [0, 0.05) is 13.1 Å². The van der Waals surface area contributed by atoms with Gasteiger partial charge in [-0.15, -0.1) is 0 Å². The largest absolute Gasteiger partial charge is 0.382 e. The van der Waals surface area contributed by atoms with Gasteiger partial charge in [0.25, 0.3) is 0 Å². The number of anilines is 2. The minimum Gasteiger partial charge on any atom is -0.382 e. The molecule has 2 rings (SSSR count). The molecule has 0 aliphatic carbocycles. The van der Waals surface area contributed by atoms with Crippen LogP contribution in [0.15, 0.2) is 12.4 Å². The molecular formula is C11H18N4. The van der Waals surface area contributed by atoms with Crippen molar-refractivity contribution in [3.8, 4) is 0 Å². The lowest BCUT2D eigenvalue weighted by atomic mass is 10.0. The molecule has 1 unspecified atom stereocenters. The van der Waals surface area contributed by atoms with Crippen LogP contribution in [0, 0.1) is 5.92 Å². The maximum absolute atomic E-state index is 5.62. The Hall–Kier alpha value is -1.32. The molecule has 4 nitrogen and oxygen atoms in total. The second-order valence-corrected chi connectivity index (χ2v) is 4.19. The Kier molecular flexibility index (Phi) is 3.04. The average molecular weight is 206 g/mol. The molecule has 15 heavy (non-hydrogen) atoms. The standard InChI is InChI=1S/C11H18N4/c1-2-3-9-4-5-15(8-9)11-7-13-6-10(12)14-11/h6-7,9H,2-5,8H2,1H3,(H2,12,14). The molecule has 1 fully saturated rings. The van der Waals surface area contributed by atoms with Gasteiger partial charge in [-0.3, -0.25) is 4.98 Å². The number of rotatable bonds is 3. The van der Waals surface area contributed by atoms with E-state index in [9.17, 15) is 0 Å². The van der Waals surface area contributed by atoms with E-state index in [4.69, 9.17) is 5.73 Å². The van der Waals surface area contributed by atoms with Crippen LogP contribution >= 0.6 is 0 Å². The van der Waals surface area contributed by atoms with Gasteiger partial charge >= 0.3 is 0 Å². The third kappa shape index (κ3) is 2.37. The van der Waals surface area contributed by atoms with Gasteiger partial charge in [-0.1, -0.05) is 13.3 Å². The normalized spacial score (nSPS) is 20.9. The van der Waals surface area contributed by atoms with Gasteiger partial charge in [0.05, 0.1) is 12.4 Å². The Balaban J connectivity index is 2.01. The van der Waals surface area contributed by atoms with E-state index in [1.807, 2.05) is 0 Å². The summed E-state index contributed by atoms with van der Waals surface area (Å²) in [6, 6.07) is 0. The first-order valence-corrected chi connectivity index (χ1v) is 5.62. The van der Waals surface area contributed by atoms with Crippen LogP contribution in [0.1, 0.15) is 26.2 Å². The fourth-order valence-corrected chi connectivity index (χ4v) is 2.21. The van der Waals surface area contributed by atoms with Crippen LogP contribution in [-0.2, 0) is 0 Å². The van der Waals surface area contributed by atoms with Crippen molar-refractivity contribution >= 4 is 11.6 Å². The second kappa shape index (κ2) is 4.47. The Bertz CT molecular complexity index is 326. The maximum Gasteiger partial charge on any atom is 0.149 e. The van der Waals surface area contributed by atoms with Crippen molar-refractivity contribution in [2.45, 2.75) is 26.2 Å². The van der Waals surface area contributed by atoms with E-state index >= 15 is 0 Å². The minimum absolute atomic E-state index is 0.506. The zero-order valence-corrected chi connectivity index (χ0v) is 9.19. The number of hydrogen-bond donors (Lipinski definition) is 1. The van der Waals surface area contributed by atoms with Gasteiger partial charge in [-0.2, -0.15) is 0 Å². The molecule has 0 saturated carbocycles. The van der Waals surface area contributed by atoms with Gasteiger partial charge in [0.2, 0.25) is 0 Å². The summed E-state index contributed by atoms with van der Waals surface area (Å²) in [7, 11) is 0. The van der Waals surface area contributed by atoms with Crippen molar-refractivity contribution in [1.82, 2.24) is 9.97 Å². The Labute approximate surface area is 90.5 Å². The fourth-order valence-electron chi connectivity index (χ4n) is 2.21. The van der Waals surface area contributed by atoms with E-state index in [1.54, 1.807) is 12.4 Å². The van der Waals surface area contributed by atoms with Crippen molar-refractivity contribution in [1.29, 1.82) is 0 Å². The molecular weight excluding hydrogens is 188 g/mol. The summed E-state index contributed by atoms with van der Waals surface area (Å²) >= 11 is 0. The first-order valence-electron chi connectivity index (χ1n) is 5.62. The van der Waals surface area contributed by atoms with E-state index in [2.05, 4.69) is 21.8 Å². The molecule has 0 spiro atoms. The third-order valence-electron chi connectivity index (χ3n) is 2.95. The predicted octanol–water partition coefficient (Wildman–Crippen LogP) is 1.69. The highest BCUT2D eigenvalue weighted by Gasteiger charge is 2.22. The first kappa shape index (κ1) is 10.2. The monoisotopic (exact) mass is 206 g/mol. The van der Waals surface area contributed by atoms with E-state index in [-0.39, 0.29) is 0 Å². The molecule has 0 aromatic carbocycles. The molecule has 1 atom stereocenters. The summed E-state index contributed by atoms with van der Waals surface area (Å²) in [5.41, 5.74) is 5.62. The fraction of sp³-hybridized carbons (Fsp3) is 0.636. The van der Waals surface area contributed by atoms with Crippen molar-refractivity contribution in [2.24, 2.45) is 5.92 Å². The molecule has 0 amide bonds. The highest BCUT2D eigenvalue weighted by molar-refractivity contribution is 5.42.